The van der Waals surface area contributed by atoms with Crippen LogP contribution in [-0.2, 0) is 17.8 Å². The van der Waals surface area contributed by atoms with Crippen LogP contribution < -0.4 is 0 Å². The molecule has 2 aromatic rings. The average molecular weight is 396 g/mol. The van der Waals surface area contributed by atoms with Crippen molar-refractivity contribution in [1.29, 1.82) is 0 Å². The van der Waals surface area contributed by atoms with Crippen LogP contribution >= 0.6 is 0 Å². The second kappa shape index (κ2) is 8.36. The summed E-state index contributed by atoms with van der Waals surface area (Å²) >= 11 is 0. The average Bonchev–Trinajstić information content (AvgIpc) is 3.18. The summed E-state index contributed by atoms with van der Waals surface area (Å²) in [6.45, 7) is 1.33. The molecule has 1 aliphatic heterocycles. The minimum Gasteiger partial charge on any atom is -0.338 e. The van der Waals surface area contributed by atoms with Crippen molar-refractivity contribution in [2.45, 2.75) is 25.6 Å². The number of hydrogen-bond donors (Lipinski definition) is 0. The number of carbonyl (C=O) groups excluding carboxylic acids is 2. The van der Waals surface area contributed by atoms with Gasteiger partial charge in [0.2, 0.25) is 5.91 Å². The van der Waals surface area contributed by atoms with Crippen LogP contribution in [0.25, 0.3) is 0 Å². The van der Waals surface area contributed by atoms with E-state index in [1.165, 1.54) is 11.0 Å². The summed E-state index contributed by atoms with van der Waals surface area (Å²) in [5, 5.41) is 10.6. The Morgan fingerprint density at radius 2 is 1.71 bits per heavy atom. The summed E-state index contributed by atoms with van der Waals surface area (Å²) in [6, 6.07) is 6.35. The van der Waals surface area contributed by atoms with Crippen LogP contribution in [0.15, 0.2) is 30.6 Å². The van der Waals surface area contributed by atoms with Crippen molar-refractivity contribution in [3.63, 3.8) is 0 Å². The molecule has 0 spiro atoms. The topological polar surface area (TPSA) is 84.2 Å². The molecule has 28 heavy (non-hydrogen) atoms. The summed E-state index contributed by atoms with van der Waals surface area (Å²) < 4.78 is 38.9. The highest BCUT2D eigenvalue weighted by atomic mass is 19.4. The summed E-state index contributed by atoms with van der Waals surface area (Å²) in [4.78, 5) is 28.2. The number of nitrogens with zero attached hydrogens (tertiary/aromatic N) is 6. The van der Waals surface area contributed by atoms with Gasteiger partial charge >= 0.3 is 6.18 Å². The van der Waals surface area contributed by atoms with Crippen LogP contribution in [-0.4, -0.2) is 74.2 Å². The lowest BCUT2D eigenvalue weighted by Crippen LogP contribution is -2.51. The van der Waals surface area contributed by atoms with E-state index in [-0.39, 0.29) is 30.3 Å². The minimum absolute atomic E-state index is 0.0151. The number of carbonyl (C=O) groups is 2. The molecule has 11 heteroatoms. The Labute approximate surface area is 158 Å². The van der Waals surface area contributed by atoms with Crippen molar-refractivity contribution in [3.8, 4) is 0 Å². The molecule has 0 radical (unpaired) electrons. The predicted molar refractivity (Wildman–Crippen MR) is 91.1 cm³/mol. The molecule has 1 aromatic heterocycles. The first-order valence-corrected chi connectivity index (χ1v) is 8.76. The fraction of sp³-hybridized carbons (Fsp3) is 0.471. The normalized spacial score (nSPS) is 15.0. The minimum atomic E-state index is -4.28. The Hall–Kier alpha value is -2.98. The second-order valence-corrected chi connectivity index (χ2v) is 6.45. The smallest absolute Gasteiger partial charge is 0.338 e. The molecule has 0 bridgehead atoms. The molecule has 1 aromatic carbocycles. The van der Waals surface area contributed by atoms with Crippen LogP contribution in [0.1, 0.15) is 22.3 Å². The van der Waals surface area contributed by atoms with Gasteiger partial charge in [0.1, 0.15) is 12.9 Å². The maximum atomic E-state index is 12.8. The van der Waals surface area contributed by atoms with E-state index in [0.29, 0.717) is 31.7 Å². The summed E-state index contributed by atoms with van der Waals surface area (Å²) in [6.07, 6.45) is -4.15. The molecule has 2 heterocycles. The Morgan fingerprint density at radius 3 is 2.36 bits per heavy atom. The lowest BCUT2D eigenvalue weighted by molar-refractivity contribution is -0.134. The first kappa shape index (κ1) is 19.8. The van der Waals surface area contributed by atoms with Crippen LogP contribution in [0, 0.1) is 0 Å². The van der Waals surface area contributed by atoms with Gasteiger partial charge < -0.3 is 9.80 Å². The number of aryl methyl sites for hydroxylation is 1. The number of tetrazole rings is 1. The molecule has 1 saturated heterocycles. The first-order chi connectivity index (χ1) is 13.3. The van der Waals surface area contributed by atoms with Gasteiger partial charge in [-0.1, -0.05) is 18.2 Å². The Balaban J connectivity index is 1.59. The molecule has 3 rings (SSSR count). The number of alkyl halides is 3. The van der Waals surface area contributed by atoms with E-state index >= 15 is 0 Å². The van der Waals surface area contributed by atoms with Gasteiger partial charge in [-0.25, -0.2) is 4.68 Å². The number of benzene rings is 1. The van der Waals surface area contributed by atoms with Crippen molar-refractivity contribution in [2.24, 2.45) is 0 Å². The van der Waals surface area contributed by atoms with E-state index in [1.54, 1.807) is 34.1 Å². The molecular weight excluding hydrogens is 377 g/mol. The number of amides is 2. The highest BCUT2D eigenvalue weighted by Gasteiger charge is 2.29. The monoisotopic (exact) mass is 396 g/mol. The lowest BCUT2D eigenvalue weighted by Gasteiger charge is -2.35. The quantitative estimate of drug-likeness (QED) is 0.757. The summed E-state index contributed by atoms with van der Waals surface area (Å²) in [5.41, 5.74) is 0.655. The van der Waals surface area contributed by atoms with E-state index in [1.807, 2.05) is 0 Å². The van der Waals surface area contributed by atoms with Gasteiger partial charge in [-0.05, 0) is 28.5 Å². The van der Waals surface area contributed by atoms with Gasteiger partial charge in [-0.3, -0.25) is 9.59 Å². The van der Waals surface area contributed by atoms with Crippen molar-refractivity contribution < 1.29 is 22.8 Å². The molecular formula is C17H19F3N6O2. The SMILES string of the molecule is O=C(Cn1cnnn1)N1CCN(C(=O)c2ccccc2CCC(F)(F)F)CC1. The molecule has 0 N–H and O–H groups in total. The molecule has 0 unspecified atom stereocenters. The number of aromatic nitrogens is 4. The molecule has 1 aliphatic rings. The van der Waals surface area contributed by atoms with Gasteiger partial charge in [0, 0.05) is 38.2 Å². The van der Waals surface area contributed by atoms with E-state index in [0.717, 1.165) is 0 Å². The zero-order chi connectivity index (χ0) is 20.1. The maximum Gasteiger partial charge on any atom is 0.389 e. The molecule has 8 nitrogen and oxygen atoms in total. The largest absolute Gasteiger partial charge is 0.389 e. The predicted octanol–water partition coefficient (Wildman–Crippen LogP) is 1.15. The zero-order valence-electron chi connectivity index (χ0n) is 15.0. The van der Waals surface area contributed by atoms with Gasteiger partial charge in [0.15, 0.2) is 0 Å². The fourth-order valence-corrected chi connectivity index (χ4v) is 3.04. The van der Waals surface area contributed by atoms with Crippen molar-refractivity contribution in [2.75, 3.05) is 26.2 Å². The highest BCUT2D eigenvalue weighted by molar-refractivity contribution is 5.96. The summed E-state index contributed by atoms with van der Waals surface area (Å²) in [5.74, 6) is -0.477. The Kier molecular flexibility index (Phi) is 5.90. The van der Waals surface area contributed by atoms with Crippen LogP contribution in [0.2, 0.25) is 0 Å². The van der Waals surface area contributed by atoms with E-state index in [2.05, 4.69) is 15.5 Å². The number of hydrogen-bond acceptors (Lipinski definition) is 5. The van der Waals surface area contributed by atoms with Crippen molar-refractivity contribution in [3.05, 3.63) is 41.7 Å². The first-order valence-electron chi connectivity index (χ1n) is 8.76. The van der Waals surface area contributed by atoms with Gasteiger partial charge in [0.25, 0.3) is 5.91 Å². The van der Waals surface area contributed by atoms with Gasteiger partial charge in [-0.2, -0.15) is 13.2 Å². The molecule has 0 atom stereocenters. The molecule has 1 fully saturated rings. The van der Waals surface area contributed by atoms with Crippen molar-refractivity contribution >= 4 is 11.8 Å². The molecule has 150 valence electrons. The second-order valence-electron chi connectivity index (χ2n) is 6.45. The third-order valence-electron chi connectivity index (χ3n) is 4.53. The Morgan fingerprint density at radius 1 is 1.04 bits per heavy atom. The van der Waals surface area contributed by atoms with E-state index in [4.69, 9.17) is 0 Å². The summed E-state index contributed by atoms with van der Waals surface area (Å²) in [7, 11) is 0. The molecule has 0 aliphatic carbocycles. The van der Waals surface area contributed by atoms with Gasteiger partial charge in [0.05, 0.1) is 0 Å². The van der Waals surface area contributed by atoms with Crippen molar-refractivity contribution in [1.82, 2.24) is 30.0 Å². The molecule has 0 saturated carbocycles. The van der Waals surface area contributed by atoms with Gasteiger partial charge in [-0.15, -0.1) is 5.10 Å². The van der Waals surface area contributed by atoms with Crippen LogP contribution in [0.5, 0.6) is 0 Å². The van der Waals surface area contributed by atoms with Crippen LogP contribution in [0.4, 0.5) is 13.2 Å². The number of rotatable bonds is 5. The van der Waals surface area contributed by atoms with E-state index in [9.17, 15) is 22.8 Å². The van der Waals surface area contributed by atoms with E-state index < -0.39 is 12.6 Å². The highest BCUT2D eigenvalue weighted by Crippen LogP contribution is 2.24. The Bertz CT molecular complexity index is 817. The maximum absolute atomic E-state index is 12.8. The van der Waals surface area contributed by atoms with Crippen LogP contribution in [0.3, 0.4) is 0 Å². The standard InChI is InChI=1S/C17H19F3N6O2/c18-17(19,20)6-5-13-3-1-2-4-14(13)16(28)25-9-7-24(8-10-25)15(27)11-26-12-21-22-23-26/h1-4,12H,5-11H2. The third kappa shape index (κ3) is 5.05. The zero-order valence-corrected chi connectivity index (χ0v) is 15.0. The fourth-order valence-electron chi connectivity index (χ4n) is 3.04. The number of halogens is 3. The lowest BCUT2D eigenvalue weighted by atomic mass is 10.0. The molecule has 2 amide bonds. The number of piperazine rings is 1. The third-order valence-corrected chi connectivity index (χ3v) is 4.53.